The van der Waals surface area contributed by atoms with Crippen LogP contribution >= 0.6 is 23.1 Å². The molecule has 3 aromatic rings. The highest BCUT2D eigenvalue weighted by molar-refractivity contribution is 8.00. The summed E-state index contributed by atoms with van der Waals surface area (Å²) < 4.78 is 6.21. The molecule has 0 saturated carbocycles. The molecule has 0 spiro atoms. The standard InChI is InChI=1S/C15H14N4O2S2/c1-8-17-13-14(23-8)12(9-4-3-5-10(6-9)21-2)18-19-15(13)22-7-11(16)20/h3-6H,7H2,1-2H3,(H2,16,20). The molecule has 1 aromatic carbocycles. The normalized spacial score (nSPS) is 10.9. The maximum Gasteiger partial charge on any atom is 0.227 e. The molecule has 0 bridgehead atoms. The number of fused-ring (bicyclic) bond motifs is 1. The van der Waals surface area contributed by atoms with Crippen LogP contribution in [-0.2, 0) is 4.79 Å². The number of thioether (sulfide) groups is 1. The molecule has 2 N–H and O–H groups in total. The summed E-state index contributed by atoms with van der Waals surface area (Å²) in [6.45, 7) is 1.93. The number of carbonyl (C=O) groups excluding carboxylic acids is 1. The summed E-state index contributed by atoms with van der Waals surface area (Å²) in [5.41, 5.74) is 7.63. The van der Waals surface area contributed by atoms with Gasteiger partial charge in [-0.3, -0.25) is 4.79 Å². The smallest absolute Gasteiger partial charge is 0.227 e. The fourth-order valence-corrected chi connectivity index (χ4v) is 3.77. The topological polar surface area (TPSA) is 91.0 Å². The summed E-state index contributed by atoms with van der Waals surface area (Å²) in [5.74, 6) is 0.512. The SMILES string of the molecule is COc1cccc(-c2nnc(SCC(N)=O)c3nc(C)sc23)c1. The van der Waals surface area contributed by atoms with Crippen molar-refractivity contribution >= 4 is 39.2 Å². The van der Waals surface area contributed by atoms with Crippen LogP contribution in [0, 0.1) is 6.92 Å². The van der Waals surface area contributed by atoms with Crippen molar-refractivity contribution in [2.45, 2.75) is 11.9 Å². The lowest BCUT2D eigenvalue weighted by Crippen LogP contribution is -2.13. The number of rotatable bonds is 5. The first-order valence-corrected chi connectivity index (χ1v) is 8.58. The molecule has 0 aliphatic heterocycles. The molecule has 0 aliphatic carbocycles. The second-order valence-corrected chi connectivity index (χ2v) is 6.92. The Labute approximate surface area is 141 Å². The molecule has 2 heterocycles. The Hall–Kier alpha value is -2.19. The number of benzene rings is 1. The molecule has 0 aliphatic rings. The van der Waals surface area contributed by atoms with Crippen LogP contribution < -0.4 is 10.5 Å². The molecular weight excluding hydrogens is 332 g/mol. The average Bonchev–Trinajstić information content (AvgIpc) is 2.94. The van der Waals surface area contributed by atoms with Gasteiger partial charge in [0.1, 0.15) is 22.0 Å². The van der Waals surface area contributed by atoms with Crippen molar-refractivity contribution in [3.63, 3.8) is 0 Å². The lowest BCUT2D eigenvalue weighted by Gasteiger charge is -2.06. The molecule has 0 fully saturated rings. The minimum Gasteiger partial charge on any atom is -0.497 e. The Morgan fingerprint density at radius 1 is 1.39 bits per heavy atom. The zero-order valence-electron chi connectivity index (χ0n) is 12.6. The number of thiazole rings is 1. The fourth-order valence-electron chi connectivity index (χ4n) is 2.12. The number of aryl methyl sites for hydroxylation is 1. The van der Waals surface area contributed by atoms with Gasteiger partial charge in [0.15, 0.2) is 0 Å². The van der Waals surface area contributed by atoms with E-state index in [2.05, 4.69) is 15.2 Å². The molecule has 0 radical (unpaired) electrons. The molecule has 118 valence electrons. The average molecular weight is 346 g/mol. The molecule has 8 heteroatoms. The molecule has 0 unspecified atom stereocenters. The minimum atomic E-state index is -0.395. The van der Waals surface area contributed by atoms with E-state index in [4.69, 9.17) is 10.5 Å². The Morgan fingerprint density at radius 3 is 2.96 bits per heavy atom. The molecule has 3 rings (SSSR count). The number of hydrogen-bond acceptors (Lipinski definition) is 7. The van der Waals surface area contributed by atoms with E-state index < -0.39 is 5.91 Å². The number of nitrogens with zero attached hydrogens (tertiary/aromatic N) is 3. The van der Waals surface area contributed by atoms with Crippen LogP contribution in [0.2, 0.25) is 0 Å². The van der Waals surface area contributed by atoms with Crippen molar-refractivity contribution in [3.8, 4) is 17.0 Å². The van der Waals surface area contributed by atoms with Gasteiger partial charge in [0.05, 0.1) is 22.6 Å². The lowest BCUT2D eigenvalue weighted by molar-refractivity contribution is -0.115. The molecule has 0 saturated heterocycles. The number of ether oxygens (including phenoxy) is 1. The van der Waals surface area contributed by atoms with Gasteiger partial charge in [-0.15, -0.1) is 21.5 Å². The number of primary amides is 1. The van der Waals surface area contributed by atoms with Gasteiger partial charge in [-0.2, -0.15) is 0 Å². The van der Waals surface area contributed by atoms with Gasteiger partial charge in [-0.1, -0.05) is 23.9 Å². The second-order valence-electron chi connectivity index (χ2n) is 4.75. The van der Waals surface area contributed by atoms with Crippen LogP contribution in [0.25, 0.3) is 21.5 Å². The summed E-state index contributed by atoms with van der Waals surface area (Å²) >= 11 is 2.81. The van der Waals surface area contributed by atoms with Gasteiger partial charge >= 0.3 is 0 Å². The van der Waals surface area contributed by atoms with Crippen molar-refractivity contribution < 1.29 is 9.53 Å². The summed E-state index contributed by atoms with van der Waals surface area (Å²) in [4.78, 5) is 15.5. The van der Waals surface area contributed by atoms with Crippen LogP contribution in [-0.4, -0.2) is 34.0 Å². The predicted octanol–water partition coefficient (Wildman–Crippen LogP) is 2.65. The third-order valence-corrected chi connectivity index (χ3v) is 5.04. The van der Waals surface area contributed by atoms with Gasteiger partial charge in [0, 0.05) is 5.56 Å². The number of carbonyl (C=O) groups is 1. The summed E-state index contributed by atoms with van der Waals surface area (Å²) in [6.07, 6.45) is 0. The quantitative estimate of drug-likeness (QED) is 0.714. The number of hydrogen-bond donors (Lipinski definition) is 1. The highest BCUT2D eigenvalue weighted by atomic mass is 32.2. The highest BCUT2D eigenvalue weighted by Crippen LogP contribution is 2.35. The number of aromatic nitrogens is 3. The molecule has 0 atom stereocenters. The van der Waals surface area contributed by atoms with Crippen LogP contribution in [0.1, 0.15) is 5.01 Å². The Morgan fingerprint density at radius 2 is 2.22 bits per heavy atom. The molecule has 23 heavy (non-hydrogen) atoms. The van der Waals surface area contributed by atoms with Gasteiger partial charge in [0.25, 0.3) is 0 Å². The van der Waals surface area contributed by atoms with Gasteiger partial charge < -0.3 is 10.5 Å². The Kier molecular flexibility index (Phi) is 4.44. The van der Waals surface area contributed by atoms with E-state index in [1.54, 1.807) is 18.4 Å². The number of methoxy groups -OCH3 is 1. The number of nitrogens with two attached hydrogens (primary N) is 1. The van der Waals surface area contributed by atoms with E-state index in [0.29, 0.717) is 5.03 Å². The van der Waals surface area contributed by atoms with E-state index in [1.807, 2.05) is 31.2 Å². The van der Waals surface area contributed by atoms with Crippen molar-refractivity contribution in [1.29, 1.82) is 0 Å². The van der Waals surface area contributed by atoms with Crippen LogP contribution in [0.4, 0.5) is 0 Å². The lowest BCUT2D eigenvalue weighted by atomic mass is 10.1. The first-order chi connectivity index (χ1) is 11.1. The van der Waals surface area contributed by atoms with Crippen molar-refractivity contribution in [3.05, 3.63) is 29.3 Å². The summed E-state index contributed by atoms with van der Waals surface area (Å²) in [7, 11) is 1.63. The van der Waals surface area contributed by atoms with E-state index in [-0.39, 0.29) is 5.75 Å². The number of amides is 1. The highest BCUT2D eigenvalue weighted by Gasteiger charge is 2.16. The maximum atomic E-state index is 11.0. The fraction of sp³-hybridized carbons (Fsp3) is 0.200. The molecule has 1 amide bonds. The molecular formula is C15H14N4O2S2. The van der Waals surface area contributed by atoms with E-state index in [9.17, 15) is 4.79 Å². The first kappa shape index (κ1) is 15.7. The largest absolute Gasteiger partial charge is 0.497 e. The van der Waals surface area contributed by atoms with Gasteiger partial charge in [0.2, 0.25) is 5.91 Å². The van der Waals surface area contributed by atoms with Crippen LogP contribution in [0.3, 0.4) is 0 Å². The second kappa shape index (κ2) is 6.51. The monoisotopic (exact) mass is 346 g/mol. The molecule has 2 aromatic heterocycles. The minimum absolute atomic E-state index is 0.152. The van der Waals surface area contributed by atoms with Crippen LogP contribution in [0.5, 0.6) is 5.75 Å². The third kappa shape index (κ3) is 3.27. The maximum absolute atomic E-state index is 11.0. The zero-order valence-corrected chi connectivity index (χ0v) is 14.2. The van der Waals surface area contributed by atoms with Crippen molar-refractivity contribution in [2.24, 2.45) is 5.73 Å². The van der Waals surface area contributed by atoms with Crippen molar-refractivity contribution in [2.75, 3.05) is 12.9 Å². The van der Waals surface area contributed by atoms with E-state index in [1.165, 1.54) is 11.8 Å². The van der Waals surface area contributed by atoms with Gasteiger partial charge in [-0.25, -0.2) is 4.98 Å². The molecule has 6 nitrogen and oxygen atoms in total. The zero-order chi connectivity index (χ0) is 16.4. The van der Waals surface area contributed by atoms with E-state index in [0.717, 1.165) is 32.2 Å². The Bertz CT molecular complexity index is 879. The van der Waals surface area contributed by atoms with Gasteiger partial charge in [-0.05, 0) is 19.1 Å². The summed E-state index contributed by atoms with van der Waals surface area (Å²) in [5, 5.41) is 10.1. The van der Waals surface area contributed by atoms with Crippen LogP contribution in [0.15, 0.2) is 29.3 Å². The predicted molar refractivity (Wildman–Crippen MR) is 91.9 cm³/mol. The van der Waals surface area contributed by atoms with E-state index >= 15 is 0 Å². The summed E-state index contributed by atoms with van der Waals surface area (Å²) in [6, 6.07) is 7.65. The Balaban J connectivity index is 2.11. The first-order valence-electron chi connectivity index (χ1n) is 6.78. The third-order valence-electron chi connectivity index (χ3n) is 3.09. The van der Waals surface area contributed by atoms with Crippen molar-refractivity contribution in [1.82, 2.24) is 15.2 Å².